The van der Waals surface area contributed by atoms with Gasteiger partial charge in [0.05, 0.1) is 10.6 Å². The van der Waals surface area contributed by atoms with Crippen LogP contribution in [-0.2, 0) is 9.05 Å². The zero-order chi connectivity index (χ0) is 12.7. The van der Waals surface area contributed by atoms with Gasteiger partial charge in [-0.2, -0.15) is 0 Å². The Hall–Kier alpha value is -0.780. The molecule has 0 amide bonds. The summed E-state index contributed by atoms with van der Waals surface area (Å²) in [5.74, 6) is -1.22. The smallest absolute Gasteiger partial charge is 0.336 e. The molecule has 7 heteroatoms. The molecule has 0 fully saturated rings. The first-order valence-electron chi connectivity index (χ1n) is 4.14. The van der Waals surface area contributed by atoms with Gasteiger partial charge in [0.25, 0.3) is 9.05 Å². The number of hydrogen-bond acceptors (Lipinski definition) is 3. The highest BCUT2D eigenvalue weighted by Crippen LogP contribution is 2.32. The molecule has 0 heterocycles. The van der Waals surface area contributed by atoms with Crippen molar-refractivity contribution in [3.8, 4) is 0 Å². The number of carboxylic acid groups (broad SMARTS) is 1. The zero-order valence-electron chi connectivity index (χ0n) is 8.41. The third-order valence-electron chi connectivity index (χ3n) is 2.28. The fourth-order valence-electron chi connectivity index (χ4n) is 1.25. The van der Waals surface area contributed by atoms with Gasteiger partial charge in [-0.15, -0.1) is 0 Å². The first-order chi connectivity index (χ1) is 7.16. The first kappa shape index (κ1) is 13.3. The van der Waals surface area contributed by atoms with E-state index in [9.17, 15) is 13.2 Å². The maximum Gasteiger partial charge on any atom is 0.336 e. The molecule has 0 bridgehead atoms. The summed E-state index contributed by atoms with van der Waals surface area (Å²) >= 11 is 5.80. The van der Waals surface area contributed by atoms with E-state index in [4.69, 9.17) is 27.4 Å². The van der Waals surface area contributed by atoms with Gasteiger partial charge < -0.3 is 5.11 Å². The highest BCUT2D eigenvalue weighted by atomic mass is 35.7. The molecule has 0 unspecified atom stereocenters. The van der Waals surface area contributed by atoms with Crippen molar-refractivity contribution in [2.75, 3.05) is 0 Å². The molecule has 1 aromatic carbocycles. The van der Waals surface area contributed by atoms with E-state index < -0.39 is 15.0 Å². The van der Waals surface area contributed by atoms with E-state index in [0.29, 0.717) is 11.1 Å². The second kappa shape index (κ2) is 4.24. The van der Waals surface area contributed by atoms with E-state index in [2.05, 4.69) is 0 Å². The third kappa shape index (κ3) is 2.31. The van der Waals surface area contributed by atoms with Crippen LogP contribution in [0.25, 0.3) is 0 Å². The molecule has 0 aliphatic rings. The Morgan fingerprint density at radius 3 is 2.19 bits per heavy atom. The summed E-state index contributed by atoms with van der Waals surface area (Å²) in [5, 5.41) is 8.85. The van der Waals surface area contributed by atoms with E-state index >= 15 is 0 Å². The van der Waals surface area contributed by atoms with Crippen molar-refractivity contribution in [1.82, 2.24) is 0 Å². The molecule has 88 valence electrons. The van der Waals surface area contributed by atoms with Crippen LogP contribution in [0.2, 0.25) is 5.02 Å². The highest BCUT2D eigenvalue weighted by molar-refractivity contribution is 8.13. The van der Waals surface area contributed by atoms with Gasteiger partial charge in [0.2, 0.25) is 0 Å². The number of rotatable bonds is 2. The van der Waals surface area contributed by atoms with Crippen LogP contribution in [0.3, 0.4) is 0 Å². The molecule has 1 N–H and O–H groups in total. The monoisotopic (exact) mass is 282 g/mol. The minimum atomic E-state index is -4.05. The Balaban J connectivity index is 3.74. The summed E-state index contributed by atoms with van der Waals surface area (Å²) in [6, 6.07) is 0.968. The van der Waals surface area contributed by atoms with Gasteiger partial charge in [-0.05, 0) is 31.0 Å². The lowest BCUT2D eigenvalue weighted by Gasteiger charge is -2.10. The van der Waals surface area contributed by atoms with E-state index in [-0.39, 0.29) is 15.5 Å². The molecule has 1 rings (SSSR count). The number of carboxylic acids is 1. The average Bonchev–Trinajstić information content (AvgIpc) is 2.11. The van der Waals surface area contributed by atoms with E-state index in [1.807, 2.05) is 0 Å². The van der Waals surface area contributed by atoms with E-state index in [1.165, 1.54) is 6.92 Å². The number of aromatic carboxylic acids is 1. The molecule has 0 radical (unpaired) electrons. The minimum Gasteiger partial charge on any atom is -0.478 e. The Kier molecular flexibility index (Phi) is 3.52. The number of hydrogen-bond donors (Lipinski definition) is 1. The van der Waals surface area contributed by atoms with Gasteiger partial charge in [0.15, 0.2) is 0 Å². The van der Waals surface area contributed by atoms with Crippen molar-refractivity contribution < 1.29 is 18.3 Å². The summed E-state index contributed by atoms with van der Waals surface area (Å²) in [6.07, 6.45) is 0. The molecule has 0 saturated heterocycles. The maximum atomic E-state index is 11.2. The van der Waals surface area contributed by atoms with Crippen molar-refractivity contribution in [1.29, 1.82) is 0 Å². The lowest BCUT2D eigenvalue weighted by Crippen LogP contribution is -2.05. The average molecular weight is 283 g/mol. The lowest BCUT2D eigenvalue weighted by molar-refractivity contribution is 0.0695. The molecule has 1 aromatic rings. The topological polar surface area (TPSA) is 71.4 Å². The van der Waals surface area contributed by atoms with Crippen LogP contribution < -0.4 is 0 Å². The molecule has 0 saturated carbocycles. The van der Waals surface area contributed by atoms with Gasteiger partial charge >= 0.3 is 5.97 Å². The summed E-state index contributed by atoms with van der Waals surface area (Å²) in [4.78, 5) is 10.5. The normalized spacial score (nSPS) is 11.5. The van der Waals surface area contributed by atoms with Gasteiger partial charge in [0, 0.05) is 10.7 Å². The molecule has 0 atom stereocenters. The van der Waals surface area contributed by atoms with Crippen molar-refractivity contribution in [3.05, 3.63) is 27.8 Å². The van der Waals surface area contributed by atoms with E-state index in [0.717, 1.165) is 6.07 Å². The Bertz CT molecular complexity index is 563. The van der Waals surface area contributed by atoms with Gasteiger partial charge in [0.1, 0.15) is 4.90 Å². The SMILES string of the molecule is Cc1c(C(=O)O)cc(S(=O)(=O)Cl)c(Cl)c1C. The lowest BCUT2D eigenvalue weighted by atomic mass is 10.0. The minimum absolute atomic E-state index is 0.0440. The standard InChI is InChI=1S/C9H8Cl2O4S/c1-4-5(2)8(10)7(16(11,14)15)3-6(4)9(12)13/h3H,1-2H3,(H,12,13). The molecule has 0 aliphatic carbocycles. The predicted molar refractivity (Wildman–Crippen MR) is 60.9 cm³/mol. The first-order valence-corrected chi connectivity index (χ1v) is 6.82. The Labute approximate surface area is 102 Å². The summed E-state index contributed by atoms with van der Waals surface area (Å²) in [5.41, 5.74) is 0.684. The van der Waals surface area contributed by atoms with Crippen LogP contribution in [-0.4, -0.2) is 19.5 Å². The van der Waals surface area contributed by atoms with Gasteiger partial charge in [-0.25, -0.2) is 13.2 Å². The van der Waals surface area contributed by atoms with Crippen molar-refractivity contribution in [3.63, 3.8) is 0 Å². The zero-order valence-corrected chi connectivity index (χ0v) is 10.7. The van der Waals surface area contributed by atoms with Crippen LogP contribution in [0.5, 0.6) is 0 Å². The van der Waals surface area contributed by atoms with Crippen LogP contribution in [0.15, 0.2) is 11.0 Å². The summed E-state index contributed by atoms with van der Waals surface area (Å²) < 4.78 is 22.4. The van der Waals surface area contributed by atoms with Crippen molar-refractivity contribution in [2.24, 2.45) is 0 Å². The molecule has 0 aliphatic heterocycles. The van der Waals surface area contributed by atoms with Crippen LogP contribution in [0, 0.1) is 13.8 Å². The van der Waals surface area contributed by atoms with Crippen LogP contribution in [0.1, 0.15) is 21.5 Å². The molecular formula is C9H8Cl2O4S. The summed E-state index contributed by atoms with van der Waals surface area (Å²) in [6.45, 7) is 3.09. The highest BCUT2D eigenvalue weighted by Gasteiger charge is 2.22. The second-order valence-electron chi connectivity index (χ2n) is 3.23. The second-order valence-corrected chi connectivity index (χ2v) is 6.14. The van der Waals surface area contributed by atoms with Gasteiger partial charge in [-0.3, -0.25) is 0 Å². The van der Waals surface area contributed by atoms with Gasteiger partial charge in [-0.1, -0.05) is 11.6 Å². The molecule has 0 aromatic heterocycles. The molecule has 4 nitrogen and oxygen atoms in total. The van der Waals surface area contributed by atoms with Crippen LogP contribution >= 0.6 is 22.3 Å². The fraction of sp³-hybridized carbons (Fsp3) is 0.222. The van der Waals surface area contributed by atoms with E-state index in [1.54, 1.807) is 6.92 Å². The number of carbonyl (C=O) groups is 1. The maximum absolute atomic E-state index is 11.2. The third-order valence-corrected chi connectivity index (χ3v) is 4.23. The quantitative estimate of drug-likeness (QED) is 0.847. The fourth-order valence-corrected chi connectivity index (χ4v) is 2.86. The summed E-state index contributed by atoms with van der Waals surface area (Å²) in [7, 11) is 1.11. The van der Waals surface area contributed by atoms with Crippen molar-refractivity contribution >= 4 is 37.3 Å². The van der Waals surface area contributed by atoms with Crippen molar-refractivity contribution in [2.45, 2.75) is 18.7 Å². The Morgan fingerprint density at radius 2 is 1.81 bits per heavy atom. The Morgan fingerprint density at radius 1 is 1.31 bits per heavy atom. The molecular weight excluding hydrogens is 275 g/mol. The predicted octanol–water partition coefficient (Wildman–Crippen LogP) is 2.58. The largest absolute Gasteiger partial charge is 0.478 e. The van der Waals surface area contributed by atoms with Crippen LogP contribution in [0.4, 0.5) is 0 Å². The molecule has 0 spiro atoms. The number of benzene rings is 1. The number of halogens is 2. The molecule has 16 heavy (non-hydrogen) atoms.